The molecule has 0 aliphatic carbocycles. The Kier molecular flexibility index (Phi) is 3.04. The summed E-state index contributed by atoms with van der Waals surface area (Å²) in [6.07, 6.45) is 1.52. The second-order valence-electron chi connectivity index (χ2n) is 3.95. The van der Waals surface area contributed by atoms with Crippen LogP contribution in [0.1, 0.15) is 25.2 Å². The summed E-state index contributed by atoms with van der Waals surface area (Å²) in [5, 5.41) is 18.3. The van der Waals surface area contributed by atoms with Crippen LogP contribution in [0.5, 0.6) is 0 Å². The molecule has 0 amide bonds. The van der Waals surface area contributed by atoms with Gasteiger partial charge in [0, 0.05) is 17.8 Å². The van der Waals surface area contributed by atoms with E-state index in [-0.39, 0.29) is 0 Å². The second kappa shape index (κ2) is 3.94. The molecule has 5 heteroatoms. The first-order chi connectivity index (χ1) is 6.87. The first-order valence-electron chi connectivity index (χ1n) is 4.56. The minimum absolute atomic E-state index is 0.500. The summed E-state index contributed by atoms with van der Waals surface area (Å²) in [7, 11) is 0. The quantitative estimate of drug-likeness (QED) is 0.759. The zero-order chi connectivity index (χ0) is 11.6. The largest absolute Gasteiger partial charge is 0.479 e. The Labute approximate surface area is 87.8 Å². The highest BCUT2D eigenvalue weighted by atomic mass is 16.4. The zero-order valence-corrected chi connectivity index (χ0v) is 8.93. The molecular formula is C10H14N2O3. The summed E-state index contributed by atoms with van der Waals surface area (Å²) >= 11 is 0. The maximum Gasteiger partial charge on any atom is 0.333 e. The highest BCUT2D eigenvalue weighted by Gasteiger charge is 2.37. The first-order valence-corrected chi connectivity index (χ1v) is 4.56. The SMILES string of the molecule is Cc1nccnc1C(C)(C)C(O)C(=O)O. The van der Waals surface area contributed by atoms with E-state index in [9.17, 15) is 9.90 Å². The number of carboxylic acids is 1. The standard InChI is InChI=1S/C10H14N2O3/c1-6-7(12-5-4-11-6)10(2,3)8(13)9(14)15/h4-5,8,13H,1-3H3,(H,14,15). The number of aryl methyl sites for hydroxylation is 1. The number of nitrogens with zero attached hydrogens (tertiary/aromatic N) is 2. The van der Waals surface area contributed by atoms with E-state index in [2.05, 4.69) is 9.97 Å². The van der Waals surface area contributed by atoms with Gasteiger partial charge in [-0.3, -0.25) is 9.97 Å². The van der Waals surface area contributed by atoms with Crippen LogP contribution < -0.4 is 0 Å². The van der Waals surface area contributed by atoms with Gasteiger partial charge < -0.3 is 10.2 Å². The van der Waals surface area contributed by atoms with Crippen LogP contribution in [0.15, 0.2) is 12.4 Å². The molecule has 2 N–H and O–H groups in total. The lowest BCUT2D eigenvalue weighted by Gasteiger charge is -2.27. The Balaban J connectivity index is 3.16. The molecule has 1 unspecified atom stereocenters. The van der Waals surface area contributed by atoms with E-state index < -0.39 is 17.5 Å². The van der Waals surface area contributed by atoms with Gasteiger partial charge in [-0.25, -0.2) is 4.79 Å². The van der Waals surface area contributed by atoms with E-state index in [0.29, 0.717) is 11.4 Å². The van der Waals surface area contributed by atoms with Gasteiger partial charge in [0.2, 0.25) is 0 Å². The number of rotatable bonds is 3. The fourth-order valence-corrected chi connectivity index (χ4v) is 1.48. The average Bonchev–Trinajstić information content (AvgIpc) is 2.16. The highest BCUT2D eigenvalue weighted by molar-refractivity contribution is 5.74. The molecule has 15 heavy (non-hydrogen) atoms. The van der Waals surface area contributed by atoms with Gasteiger partial charge in [-0.1, -0.05) is 13.8 Å². The maximum absolute atomic E-state index is 10.7. The Morgan fingerprint density at radius 1 is 1.40 bits per heavy atom. The number of aromatic nitrogens is 2. The Bertz CT molecular complexity index is 377. The van der Waals surface area contributed by atoms with Gasteiger partial charge >= 0.3 is 5.97 Å². The number of carboxylic acid groups (broad SMARTS) is 1. The molecule has 1 aromatic rings. The van der Waals surface area contributed by atoms with Crippen molar-refractivity contribution in [2.75, 3.05) is 0 Å². The fraction of sp³-hybridized carbons (Fsp3) is 0.500. The van der Waals surface area contributed by atoms with E-state index in [0.717, 1.165) is 0 Å². The van der Waals surface area contributed by atoms with Crippen molar-refractivity contribution >= 4 is 5.97 Å². The Hall–Kier alpha value is -1.49. The lowest BCUT2D eigenvalue weighted by Crippen LogP contribution is -2.41. The third kappa shape index (κ3) is 2.12. The molecule has 1 heterocycles. The molecule has 82 valence electrons. The molecule has 0 spiro atoms. The van der Waals surface area contributed by atoms with Crippen molar-refractivity contribution in [2.45, 2.75) is 32.3 Å². The van der Waals surface area contributed by atoms with Crippen LogP contribution in [-0.2, 0) is 10.2 Å². The molecule has 0 fully saturated rings. The van der Waals surface area contributed by atoms with E-state index in [4.69, 9.17) is 5.11 Å². The molecule has 0 aliphatic heterocycles. The topological polar surface area (TPSA) is 83.3 Å². The van der Waals surface area contributed by atoms with Crippen molar-refractivity contribution in [2.24, 2.45) is 0 Å². The first kappa shape index (κ1) is 11.6. The number of hydrogen-bond donors (Lipinski definition) is 2. The minimum Gasteiger partial charge on any atom is -0.479 e. The van der Waals surface area contributed by atoms with Gasteiger partial charge in [0.15, 0.2) is 6.10 Å². The van der Waals surface area contributed by atoms with Crippen molar-refractivity contribution in [3.8, 4) is 0 Å². The summed E-state index contributed by atoms with van der Waals surface area (Å²) in [6.45, 7) is 4.99. The van der Waals surface area contributed by atoms with E-state index in [1.165, 1.54) is 12.4 Å². The van der Waals surface area contributed by atoms with Gasteiger partial charge in [0.1, 0.15) is 0 Å². The van der Waals surface area contributed by atoms with Crippen LogP contribution in [0.25, 0.3) is 0 Å². The highest BCUT2D eigenvalue weighted by Crippen LogP contribution is 2.27. The van der Waals surface area contributed by atoms with Crippen molar-refractivity contribution in [1.29, 1.82) is 0 Å². The van der Waals surface area contributed by atoms with Crippen LogP contribution in [0.3, 0.4) is 0 Å². The average molecular weight is 210 g/mol. The van der Waals surface area contributed by atoms with Crippen molar-refractivity contribution in [3.05, 3.63) is 23.8 Å². The van der Waals surface area contributed by atoms with Crippen molar-refractivity contribution < 1.29 is 15.0 Å². The Morgan fingerprint density at radius 3 is 2.40 bits per heavy atom. The summed E-state index contributed by atoms with van der Waals surface area (Å²) in [5.41, 5.74) is 0.173. The molecule has 0 saturated heterocycles. The smallest absolute Gasteiger partial charge is 0.333 e. The molecule has 0 aliphatic rings. The predicted octanol–water partition coefficient (Wildman–Crippen LogP) is 0.508. The summed E-state index contributed by atoms with van der Waals surface area (Å²) in [4.78, 5) is 18.8. The van der Waals surface area contributed by atoms with Crippen LogP contribution in [0.4, 0.5) is 0 Å². The number of carbonyl (C=O) groups is 1. The van der Waals surface area contributed by atoms with E-state index in [1.807, 2.05) is 0 Å². The molecule has 1 rings (SSSR count). The molecule has 0 saturated carbocycles. The molecule has 1 aromatic heterocycles. The summed E-state index contributed by atoms with van der Waals surface area (Å²) in [6, 6.07) is 0. The monoisotopic (exact) mass is 210 g/mol. The van der Waals surface area contributed by atoms with Crippen LogP contribution >= 0.6 is 0 Å². The molecule has 0 radical (unpaired) electrons. The number of aliphatic carboxylic acids is 1. The molecule has 0 bridgehead atoms. The minimum atomic E-state index is -1.49. The van der Waals surface area contributed by atoms with Gasteiger partial charge in [-0.15, -0.1) is 0 Å². The van der Waals surface area contributed by atoms with Crippen LogP contribution in [0.2, 0.25) is 0 Å². The van der Waals surface area contributed by atoms with Gasteiger partial charge in [0.05, 0.1) is 11.4 Å². The molecule has 1 atom stereocenters. The summed E-state index contributed by atoms with van der Waals surface area (Å²) < 4.78 is 0. The van der Waals surface area contributed by atoms with Crippen LogP contribution in [-0.4, -0.2) is 32.3 Å². The molecular weight excluding hydrogens is 196 g/mol. The number of hydrogen-bond acceptors (Lipinski definition) is 4. The van der Waals surface area contributed by atoms with E-state index in [1.54, 1.807) is 20.8 Å². The number of aliphatic hydroxyl groups is 1. The van der Waals surface area contributed by atoms with E-state index >= 15 is 0 Å². The van der Waals surface area contributed by atoms with Gasteiger partial charge in [-0.2, -0.15) is 0 Å². The van der Waals surface area contributed by atoms with Gasteiger partial charge in [0.25, 0.3) is 0 Å². The fourth-order valence-electron chi connectivity index (χ4n) is 1.48. The predicted molar refractivity (Wildman–Crippen MR) is 53.4 cm³/mol. The van der Waals surface area contributed by atoms with Crippen molar-refractivity contribution in [3.63, 3.8) is 0 Å². The lowest BCUT2D eigenvalue weighted by molar-refractivity contribution is -0.150. The van der Waals surface area contributed by atoms with Crippen LogP contribution in [0, 0.1) is 6.92 Å². The third-order valence-corrected chi connectivity index (χ3v) is 2.41. The second-order valence-corrected chi connectivity index (χ2v) is 3.95. The van der Waals surface area contributed by atoms with Gasteiger partial charge in [-0.05, 0) is 6.92 Å². The lowest BCUT2D eigenvalue weighted by atomic mass is 9.82. The summed E-state index contributed by atoms with van der Waals surface area (Å²) in [5.74, 6) is -1.26. The molecule has 0 aromatic carbocycles. The Morgan fingerprint density at radius 2 is 1.93 bits per heavy atom. The maximum atomic E-state index is 10.7. The normalized spacial score (nSPS) is 13.6. The zero-order valence-electron chi connectivity index (χ0n) is 8.93. The number of aliphatic hydroxyl groups excluding tert-OH is 1. The van der Waals surface area contributed by atoms with Crippen molar-refractivity contribution in [1.82, 2.24) is 9.97 Å². The third-order valence-electron chi connectivity index (χ3n) is 2.41. The molecule has 5 nitrogen and oxygen atoms in total.